The molecule has 0 fully saturated rings. The minimum atomic E-state index is -2.49. The highest BCUT2D eigenvalue weighted by Crippen LogP contribution is 2.29. The maximum Gasteiger partial charge on any atom is 0.225 e. The summed E-state index contributed by atoms with van der Waals surface area (Å²) in [6.45, 7) is 10.8. The molecule has 0 N–H and O–H groups in total. The fourth-order valence-electron chi connectivity index (χ4n) is 7.22. The Kier molecular flexibility index (Phi) is 19.2. The highest BCUT2D eigenvalue weighted by molar-refractivity contribution is 8.93. The summed E-state index contributed by atoms with van der Waals surface area (Å²) in [7, 11) is -2.49. The molecule has 3 aromatic rings. The summed E-state index contributed by atoms with van der Waals surface area (Å²) in [5.74, 6) is 0. The summed E-state index contributed by atoms with van der Waals surface area (Å²) in [5, 5.41) is 4.47. The Morgan fingerprint density at radius 1 is 0.455 bits per heavy atom. The van der Waals surface area contributed by atoms with Gasteiger partial charge in [-0.3, -0.25) is 0 Å². The molecule has 0 saturated carbocycles. The Bertz CT molecular complexity index is 989. The smallest absolute Gasteiger partial charge is 0.225 e. The van der Waals surface area contributed by atoms with Gasteiger partial charge < -0.3 is 4.57 Å². The van der Waals surface area contributed by atoms with E-state index in [1.54, 1.807) is 0 Å². The van der Waals surface area contributed by atoms with Crippen molar-refractivity contribution in [2.24, 2.45) is 0 Å². The topological polar surface area (TPSA) is 3.24 Å². The van der Waals surface area contributed by atoms with Gasteiger partial charge in [0.2, 0.25) is 8.24 Å². The molecule has 3 aromatic carbocycles. The van der Waals surface area contributed by atoms with Crippen LogP contribution in [0.3, 0.4) is 0 Å². The zero-order chi connectivity index (χ0) is 30.6. The minimum Gasteiger partial charge on any atom is -0.308 e. The number of nitrogens with zero attached hydrogens (tertiary/aromatic N) is 1. The summed E-state index contributed by atoms with van der Waals surface area (Å²) >= 11 is 0. The van der Waals surface area contributed by atoms with Crippen molar-refractivity contribution < 1.29 is 0 Å². The average molecular weight is 679 g/mol. The second kappa shape index (κ2) is 21.9. The molecule has 1 nitrogen and oxygen atoms in total. The third-order valence-corrected chi connectivity index (χ3v) is 14.7. The largest absolute Gasteiger partial charge is 0.308 e. The fraction of sp³-hybridized carbons (Fsp3) is 0.561. The van der Waals surface area contributed by atoms with Gasteiger partial charge in [0.15, 0.2) is 0 Å². The molecule has 0 heterocycles. The van der Waals surface area contributed by atoms with Crippen LogP contribution in [-0.4, -0.2) is 24.9 Å². The Labute approximate surface area is 284 Å². The molecular weight excluding hydrogens is 614 g/mol. The van der Waals surface area contributed by atoms with Crippen molar-refractivity contribution >= 4 is 40.8 Å². The molecule has 0 amide bonds. The van der Waals surface area contributed by atoms with Gasteiger partial charge in [-0.15, -0.1) is 17.0 Å². The van der Waals surface area contributed by atoms with Crippen molar-refractivity contribution in [1.82, 2.24) is 4.57 Å². The van der Waals surface area contributed by atoms with Crippen LogP contribution in [-0.2, 0) is 0 Å². The molecule has 244 valence electrons. The van der Waals surface area contributed by atoms with Gasteiger partial charge in [0, 0.05) is 5.54 Å². The van der Waals surface area contributed by atoms with Crippen LogP contribution in [0.5, 0.6) is 0 Å². The monoisotopic (exact) mass is 677 g/mol. The molecular formula is C41H64BrNSi. The second-order valence-corrected chi connectivity index (χ2v) is 17.2. The maximum absolute atomic E-state index is 2.98. The standard InChI is InChI=1S/C41H63NSi.BrH/c1-5-7-8-9-10-11-12-13-14-15-16-17-18-19-29-36-41(3,4)42(37-6-2)43(38-30-23-20-24-31-38,39-32-25-21-26-33-39)40-34-27-22-28-35-40;/h20-28,30-35H,5-19,29,36-37H2,1-4H3;1H. The SMILES string of the molecule is Br.CCCCCCCCCCCCCCCCCC(C)(C)N(CCC)[Si](c1ccccc1)(c1ccccc1)c1ccccc1. The van der Waals surface area contributed by atoms with E-state index in [4.69, 9.17) is 0 Å². The third-order valence-electron chi connectivity index (χ3n) is 9.55. The van der Waals surface area contributed by atoms with Gasteiger partial charge in [0.1, 0.15) is 0 Å². The van der Waals surface area contributed by atoms with E-state index in [0.29, 0.717) is 0 Å². The lowest BCUT2D eigenvalue weighted by Crippen LogP contribution is -2.80. The molecule has 0 aliphatic carbocycles. The molecule has 0 bridgehead atoms. The van der Waals surface area contributed by atoms with Gasteiger partial charge in [-0.1, -0.05) is 201 Å². The first-order valence-electron chi connectivity index (χ1n) is 18.0. The van der Waals surface area contributed by atoms with Crippen LogP contribution in [0.15, 0.2) is 91.0 Å². The molecule has 0 unspecified atom stereocenters. The number of unbranched alkanes of at least 4 members (excludes halogenated alkanes) is 14. The summed E-state index contributed by atoms with van der Waals surface area (Å²) < 4.78 is 2.98. The zero-order valence-electron chi connectivity index (χ0n) is 28.7. The normalized spacial score (nSPS) is 11.9. The molecule has 0 spiro atoms. The molecule has 0 radical (unpaired) electrons. The van der Waals surface area contributed by atoms with Gasteiger partial charge in [-0.05, 0) is 48.8 Å². The number of hydrogen-bond donors (Lipinski definition) is 0. The summed E-state index contributed by atoms with van der Waals surface area (Å²) in [4.78, 5) is 0. The molecule has 44 heavy (non-hydrogen) atoms. The Balaban J connectivity index is 0.00000675. The van der Waals surface area contributed by atoms with E-state index < -0.39 is 8.24 Å². The first-order valence-corrected chi connectivity index (χ1v) is 20.0. The van der Waals surface area contributed by atoms with E-state index in [9.17, 15) is 0 Å². The second-order valence-electron chi connectivity index (χ2n) is 13.5. The van der Waals surface area contributed by atoms with Crippen LogP contribution in [0.1, 0.15) is 137 Å². The van der Waals surface area contributed by atoms with Crippen LogP contribution >= 0.6 is 17.0 Å². The average Bonchev–Trinajstić information content (AvgIpc) is 3.04. The van der Waals surface area contributed by atoms with Crippen LogP contribution in [0.4, 0.5) is 0 Å². The van der Waals surface area contributed by atoms with Crippen LogP contribution in [0.2, 0.25) is 0 Å². The highest BCUT2D eigenvalue weighted by Gasteiger charge is 2.49. The zero-order valence-corrected chi connectivity index (χ0v) is 31.5. The van der Waals surface area contributed by atoms with Gasteiger partial charge in [0.25, 0.3) is 0 Å². The van der Waals surface area contributed by atoms with Crippen molar-refractivity contribution in [3.63, 3.8) is 0 Å². The van der Waals surface area contributed by atoms with E-state index in [0.717, 1.165) is 13.0 Å². The van der Waals surface area contributed by atoms with Crippen LogP contribution in [0, 0.1) is 0 Å². The van der Waals surface area contributed by atoms with E-state index >= 15 is 0 Å². The van der Waals surface area contributed by atoms with Crippen molar-refractivity contribution in [3.05, 3.63) is 91.0 Å². The van der Waals surface area contributed by atoms with Crippen LogP contribution in [0.25, 0.3) is 0 Å². The summed E-state index contributed by atoms with van der Waals surface area (Å²) in [6, 6.07) is 34.4. The fourth-order valence-corrected chi connectivity index (χ4v) is 12.8. The Morgan fingerprint density at radius 3 is 1.09 bits per heavy atom. The van der Waals surface area contributed by atoms with Gasteiger partial charge >= 0.3 is 0 Å². The van der Waals surface area contributed by atoms with E-state index in [-0.39, 0.29) is 22.5 Å². The first-order chi connectivity index (χ1) is 21.1. The van der Waals surface area contributed by atoms with Crippen molar-refractivity contribution in [3.8, 4) is 0 Å². The van der Waals surface area contributed by atoms with Crippen LogP contribution < -0.4 is 15.6 Å². The third kappa shape index (κ3) is 11.6. The maximum atomic E-state index is 2.98. The molecule has 3 heteroatoms. The highest BCUT2D eigenvalue weighted by atomic mass is 79.9. The van der Waals surface area contributed by atoms with Crippen molar-refractivity contribution in [2.75, 3.05) is 6.54 Å². The first kappa shape index (κ1) is 38.5. The Morgan fingerprint density at radius 2 is 0.773 bits per heavy atom. The van der Waals surface area contributed by atoms with Gasteiger partial charge in [-0.25, -0.2) is 0 Å². The molecule has 0 aliphatic heterocycles. The number of halogens is 1. The number of rotatable bonds is 23. The lowest BCUT2D eigenvalue weighted by atomic mass is 9.95. The van der Waals surface area contributed by atoms with Gasteiger partial charge in [0.05, 0.1) is 0 Å². The number of benzene rings is 3. The van der Waals surface area contributed by atoms with E-state index in [1.165, 1.54) is 118 Å². The van der Waals surface area contributed by atoms with Gasteiger partial charge in [-0.2, -0.15) is 0 Å². The number of hydrogen-bond acceptors (Lipinski definition) is 1. The molecule has 0 atom stereocenters. The van der Waals surface area contributed by atoms with E-state index in [1.807, 2.05) is 0 Å². The van der Waals surface area contributed by atoms with Crippen molar-refractivity contribution in [2.45, 2.75) is 142 Å². The summed E-state index contributed by atoms with van der Waals surface area (Å²) in [6.07, 6.45) is 23.7. The minimum absolute atomic E-state index is 0. The predicted molar refractivity (Wildman–Crippen MR) is 205 cm³/mol. The van der Waals surface area contributed by atoms with E-state index in [2.05, 4.69) is 123 Å². The molecule has 3 rings (SSSR count). The lowest BCUT2D eigenvalue weighted by molar-refractivity contribution is 0.203. The summed E-state index contributed by atoms with van der Waals surface area (Å²) in [5.41, 5.74) is 0.0975. The quantitative estimate of drug-likeness (QED) is 0.0548. The predicted octanol–water partition coefficient (Wildman–Crippen LogP) is 11.0. The van der Waals surface area contributed by atoms with Crippen molar-refractivity contribution in [1.29, 1.82) is 0 Å². The Hall–Kier alpha value is -1.68. The molecule has 0 aromatic heterocycles. The molecule has 0 aliphatic rings. The molecule has 0 saturated heterocycles. The lowest BCUT2D eigenvalue weighted by Gasteiger charge is -2.52.